The standard InChI is InChI=1S/C14H24N2/c1-5-9-16(6-2)14-8-7-13(11-15-4)12(3)10-14/h7-8,10,15H,5-6,9,11H2,1-4H3. The van der Waals surface area contributed by atoms with E-state index in [9.17, 15) is 0 Å². The maximum atomic E-state index is 3.20. The third kappa shape index (κ3) is 3.24. The summed E-state index contributed by atoms with van der Waals surface area (Å²) in [5.41, 5.74) is 4.11. The molecule has 0 aliphatic carbocycles. The molecule has 0 atom stereocenters. The molecule has 0 aliphatic heterocycles. The van der Waals surface area contributed by atoms with Crippen LogP contribution in [-0.4, -0.2) is 20.1 Å². The van der Waals surface area contributed by atoms with Crippen LogP contribution in [0.1, 0.15) is 31.4 Å². The third-order valence-corrected chi connectivity index (χ3v) is 2.93. The summed E-state index contributed by atoms with van der Waals surface area (Å²) in [5.74, 6) is 0. The van der Waals surface area contributed by atoms with Gasteiger partial charge in [-0.2, -0.15) is 0 Å². The molecule has 90 valence electrons. The highest BCUT2D eigenvalue weighted by Gasteiger charge is 2.05. The van der Waals surface area contributed by atoms with Crippen LogP contribution in [0, 0.1) is 6.92 Å². The van der Waals surface area contributed by atoms with Crippen LogP contribution < -0.4 is 10.2 Å². The zero-order chi connectivity index (χ0) is 12.0. The molecule has 0 heterocycles. The summed E-state index contributed by atoms with van der Waals surface area (Å²) in [4.78, 5) is 2.43. The van der Waals surface area contributed by atoms with Crippen LogP contribution in [0.3, 0.4) is 0 Å². The quantitative estimate of drug-likeness (QED) is 0.793. The van der Waals surface area contributed by atoms with Gasteiger partial charge in [-0.3, -0.25) is 0 Å². The van der Waals surface area contributed by atoms with Crippen molar-refractivity contribution >= 4 is 5.69 Å². The van der Waals surface area contributed by atoms with Crippen LogP contribution in [0.15, 0.2) is 18.2 Å². The summed E-state index contributed by atoms with van der Waals surface area (Å²) in [6.07, 6.45) is 1.20. The van der Waals surface area contributed by atoms with E-state index in [-0.39, 0.29) is 0 Å². The van der Waals surface area contributed by atoms with E-state index in [0.717, 1.165) is 19.6 Å². The van der Waals surface area contributed by atoms with Crippen LogP contribution >= 0.6 is 0 Å². The first kappa shape index (κ1) is 13.0. The predicted molar refractivity (Wildman–Crippen MR) is 72.1 cm³/mol. The van der Waals surface area contributed by atoms with E-state index < -0.39 is 0 Å². The third-order valence-electron chi connectivity index (χ3n) is 2.93. The van der Waals surface area contributed by atoms with Gasteiger partial charge < -0.3 is 10.2 Å². The van der Waals surface area contributed by atoms with Crippen molar-refractivity contribution in [1.29, 1.82) is 0 Å². The number of rotatable bonds is 6. The Morgan fingerprint density at radius 1 is 1.25 bits per heavy atom. The van der Waals surface area contributed by atoms with Gasteiger partial charge in [-0.05, 0) is 50.6 Å². The van der Waals surface area contributed by atoms with Gasteiger partial charge in [0.2, 0.25) is 0 Å². The molecule has 0 bridgehead atoms. The van der Waals surface area contributed by atoms with Gasteiger partial charge in [-0.15, -0.1) is 0 Å². The molecule has 0 unspecified atom stereocenters. The number of nitrogens with one attached hydrogen (secondary N) is 1. The molecule has 0 saturated carbocycles. The van der Waals surface area contributed by atoms with Gasteiger partial charge in [-0.1, -0.05) is 13.0 Å². The Morgan fingerprint density at radius 3 is 2.50 bits per heavy atom. The van der Waals surface area contributed by atoms with Crippen molar-refractivity contribution in [3.05, 3.63) is 29.3 Å². The van der Waals surface area contributed by atoms with Gasteiger partial charge >= 0.3 is 0 Å². The van der Waals surface area contributed by atoms with Gasteiger partial charge in [0.15, 0.2) is 0 Å². The number of hydrogen-bond donors (Lipinski definition) is 1. The van der Waals surface area contributed by atoms with Crippen LogP contribution in [0.25, 0.3) is 0 Å². The lowest BCUT2D eigenvalue weighted by molar-refractivity contribution is 0.787. The lowest BCUT2D eigenvalue weighted by atomic mass is 10.1. The van der Waals surface area contributed by atoms with Crippen LogP contribution in [-0.2, 0) is 6.54 Å². The summed E-state index contributed by atoms with van der Waals surface area (Å²) in [5, 5.41) is 3.20. The molecule has 0 fully saturated rings. The molecule has 0 aromatic heterocycles. The van der Waals surface area contributed by atoms with E-state index in [0.29, 0.717) is 0 Å². The second-order valence-corrected chi connectivity index (χ2v) is 4.22. The average Bonchev–Trinajstić information content (AvgIpc) is 2.29. The molecular weight excluding hydrogens is 196 g/mol. The van der Waals surface area contributed by atoms with E-state index >= 15 is 0 Å². The Labute approximate surface area is 99.7 Å². The monoisotopic (exact) mass is 220 g/mol. The minimum atomic E-state index is 0.950. The molecule has 0 spiro atoms. The molecule has 2 nitrogen and oxygen atoms in total. The molecule has 1 aromatic carbocycles. The van der Waals surface area contributed by atoms with Crippen molar-refractivity contribution in [3.63, 3.8) is 0 Å². The van der Waals surface area contributed by atoms with Crippen molar-refractivity contribution in [2.24, 2.45) is 0 Å². The Bertz CT molecular complexity index is 321. The van der Waals surface area contributed by atoms with Gasteiger partial charge in [0, 0.05) is 25.3 Å². The fourth-order valence-corrected chi connectivity index (χ4v) is 2.01. The molecule has 0 aliphatic rings. The van der Waals surface area contributed by atoms with Crippen LogP contribution in [0.5, 0.6) is 0 Å². The molecule has 0 amide bonds. The highest BCUT2D eigenvalue weighted by Crippen LogP contribution is 2.19. The summed E-state index contributed by atoms with van der Waals surface area (Å²) < 4.78 is 0. The normalized spacial score (nSPS) is 10.5. The zero-order valence-electron chi connectivity index (χ0n) is 11.0. The minimum absolute atomic E-state index is 0.950. The lowest BCUT2D eigenvalue weighted by Gasteiger charge is -2.23. The number of benzene rings is 1. The maximum absolute atomic E-state index is 3.20. The first-order valence-electron chi connectivity index (χ1n) is 6.22. The minimum Gasteiger partial charge on any atom is -0.372 e. The molecule has 1 N–H and O–H groups in total. The van der Waals surface area contributed by atoms with Crippen molar-refractivity contribution in [1.82, 2.24) is 5.32 Å². The van der Waals surface area contributed by atoms with Gasteiger partial charge in [0.25, 0.3) is 0 Å². The van der Waals surface area contributed by atoms with Crippen molar-refractivity contribution in [3.8, 4) is 0 Å². The predicted octanol–water partition coefficient (Wildman–Crippen LogP) is 2.95. The SMILES string of the molecule is CCCN(CC)c1ccc(CNC)c(C)c1. The Hall–Kier alpha value is -1.02. The second kappa shape index (κ2) is 6.54. The Balaban J connectivity index is 2.85. The number of hydrogen-bond acceptors (Lipinski definition) is 2. The molecule has 0 radical (unpaired) electrons. The highest BCUT2D eigenvalue weighted by atomic mass is 15.1. The molecular formula is C14H24N2. The summed E-state index contributed by atoms with van der Waals surface area (Å²) in [7, 11) is 1.99. The summed E-state index contributed by atoms with van der Waals surface area (Å²) in [6, 6.07) is 6.77. The van der Waals surface area contributed by atoms with Crippen LogP contribution in [0.2, 0.25) is 0 Å². The number of anilines is 1. The Morgan fingerprint density at radius 2 is 2.00 bits per heavy atom. The first-order chi connectivity index (χ1) is 7.72. The van der Waals surface area contributed by atoms with Gasteiger partial charge in [-0.25, -0.2) is 0 Å². The Kier molecular flexibility index (Phi) is 5.33. The molecule has 1 aromatic rings. The van der Waals surface area contributed by atoms with Crippen LogP contribution in [0.4, 0.5) is 5.69 Å². The first-order valence-corrected chi connectivity index (χ1v) is 6.22. The van der Waals surface area contributed by atoms with E-state index in [1.54, 1.807) is 0 Å². The van der Waals surface area contributed by atoms with E-state index in [2.05, 4.69) is 49.2 Å². The topological polar surface area (TPSA) is 15.3 Å². The zero-order valence-corrected chi connectivity index (χ0v) is 11.0. The molecule has 1 rings (SSSR count). The summed E-state index contributed by atoms with van der Waals surface area (Å²) >= 11 is 0. The fraction of sp³-hybridized carbons (Fsp3) is 0.571. The number of nitrogens with zero attached hydrogens (tertiary/aromatic N) is 1. The largest absolute Gasteiger partial charge is 0.372 e. The molecule has 2 heteroatoms. The van der Waals surface area contributed by atoms with E-state index in [1.807, 2.05) is 7.05 Å². The van der Waals surface area contributed by atoms with Crippen molar-refractivity contribution < 1.29 is 0 Å². The van der Waals surface area contributed by atoms with Gasteiger partial charge in [0.05, 0.1) is 0 Å². The highest BCUT2D eigenvalue weighted by molar-refractivity contribution is 5.50. The van der Waals surface area contributed by atoms with Gasteiger partial charge in [0.1, 0.15) is 0 Å². The molecule has 16 heavy (non-hydrogen) atoms. The fourth-order valence-electron chi connectivity index (χ4n) is 2.01. The average molecular weight is 220 g/mol. The van der Waals surface area contributed by atoms with Crippen molar-refractivity contribution in [2.75, 3.05) is 25.0 Å². The molecule has 0 saturated heterocycles. The second-order valence-electron chi connectivity index (χ2n) is 4.22. The lowest BCUT2D eigenvalue weighted by Crippen LogP contribution is -2.23. The van der Waals surface area contributed by atoms with E-state index in [4.69, 9.17) is 0 Å². The smallest absolute Gasteiger partial charge is 0.0368 e. The van der Waals surface area contributed by atoms with Crippen molar-refractivity contribution in [2.45, 2.75) is 33.7 Å². The maximum Gasteiger partial charge on any atom is 0.0368 e. The number of aryl methyl sites for hydroxylation is 1. The van der Waals surface area contributed by atoms with E-state index in [1.165, 1.54) is 23.2 Å². The summed E-state index contributed by atoms with van der Waals surface area (Å²) in [6.45, 7) is 9.80.